The summed E-state index contributed by atoms with van der Waals surface area (Å²) in [5.41, 5.74) is 5.89. The summed E-state index contributed by atoms with van der Waals surface area (Å²) in [5, 5.41) is 8.94. The van der Waals surface area contributed by atoms with Crippen molar-refractivity contribution in [3.63, 3.8) is 0 Å². The molecule has 0 saturated heterocycles. The van der Waals surface area contributed by atoms with Crippen LogP contribution in [-0.2, 0) is 8.85 Å². The van der Waals surface area contributed by atoms with Crippen LogP contribution >= 0.6 is 0 Å². The Hall–Kier alpha value is 0.0569. The highest BCUT2D eigenvalue weighted by molar-refractivity contribution is 6.66. The number of rotatable bonds is 10. The van der Waals surface area contributed by atoms with Crippen molar-refractivity contribution in [1.29, 1.82) is 0 Å². The Morgan fingerprint density at radius 1 is 1.39 bits per heavy atom. The maximum absolute atomic E-state index is 8.94. The molecule has 0 aliphatic rings. The molecule has 2 atom stereocenters. The van der Waals surface area contributed by atoms with Gasteiger partial charge < -0.3 is 19.7 Å². The molecule has 110 valence electrons. The predicted molar refractivity (Wildman–Crippen MR) is 77.8 cm³/mol. The first kappa shape index (κ1) is 18.1. The van der Waals surface area contributed by atoms with E-state index in [9.17, 15) is 0 Å². The third kappa shape index (κ3) is 7.48. The van der Waals surface area contributed by atoms with Crippen LogP contribution in [0.5, 0.6) is 0 Å². The quantitative estimate of drug-likeness (QED) is 0.601. The molecule has 2 unspecified atom stereocenters. The van der Waals surface area contributed by atoms with Gasteiger partial charge in [-0.1, -0.05) is 13.8 Å². The van der Waals surface area contributed by atoms with Crippen LogP contribution in [0.2, 0.25) is 12.6 Å². The molecule has 3 N–H and O–H groups in total. The second kappa shape index (κ2) is 8.27. The Morgan fingerprint density at radius 2 is 2.00 bits per heavy atom. The summed E-state index contributed by atoms with van der Waals surface area (Å²) in [6, 6.07) is 0.945. The van der Waals surface area contributed by atoms with Crippen LogP contribution < -0.4 is 5.73 Å². The van der Waals surface area contributed by atoms with Crippen molar-refractivity contribution in [2.45, 2.75) is 59.2 Å². The van der Waals surface area contributed by atoms with E-state index in [0.717, 1.165) is 12.5 Å². The van der Waals surface area contributed by atoms with Crippen LogP contribution in [0.25, 0.3) is 0 Å². The summed E-state index contributed by atoms with van der Waals surface area (Å²) in [4.78, 5) is 0. The molecule has 0 fully saturated rings. The average molecular weight is 277 g/mol. The third-order valence-electron chi connectivity index (χ3n) is 3.24. The van der Waals surface area contributed by atoms with E-state index in [4.69, 9.17) is 19.7 Å². The van der Waals surface area contributed by atoms with Crippen LogP contribution in [0.3, 0.4) is 0 Å². The predicted octanol–water partition coefficient (Wildman–Crippen LogP) is 2.26. The van der Waals surface area contributed by atoms with Crippen molar-refractivity contribution in [3.8, 4) is 0 Å². The second-order valence-electron chi connectivity index (χ2n) is 5.88. The van der Waals surface area contributed by atoms with Crippen LogP contribution in [-0.4, -0.2) is 39.5 Å². The van der Waals surface area contributed by atoms with E-state index in [0.29, 0.717) is 19.6 Å². The van der Waals surface area contributed by atoms with Gasteiger partial charge in [0.25, 0.3) is 0 Å². The summed E-state index contributed by atoms with van der Waals surface area (Å²) in [7, 11) is -2.14. The molecule has 0 aromatic rings. The summed E-state index contributed by atoms with van der Waals surface area (Å²) in [5.74, 6) is 0. The first-order valence-electron chi connectivity index (χ1n) is 6.91. The van der Waals surface area contributed by atoms with E-state index in [2.05, 4.69) is 20.4 Å². The molecule has 5 heteroatoms. The zero-order chi connectivity index (χ0) is 14.2. The SMILES string of the molecule is CCO[Si](C)(CCC(C)(C)CN)OC(C)CCO. The van der Waals surface area contributed by atoms with Crippen LogP contribution in [0, 0.1) is 5.41 Å². The summed E-state index contributed by atoms with van der Waals surface area (Å²) >= 11 is 0. The monoisotopic (exact) mass is 277 g/mol. The number of hydrogen-bond donors (Lipinski definition) is 2. The molecule has 4 nitrogen and oxygen atoms in total. The van der Waals surface area contributed by atoms with Gasteiger partial charge in [-0.3, -0.25) is 0 Å². The zero-order valence-corrected chi connectivity index (χ0v) is 13.7. The van der Waals surface area contributed by atoms with E-state index < -0.39 is 8.56 Å². The fraction of sp³-hybridized carbons (Fsp3) is 1.00. The molecule has 0 bridgehead atoms. The van der Waals surface area contributed by atoms with Gasteiger partial charge in [0.2, 0.25) is 0 Å². The summed E-state index contributed by atoms with van der Waals surface area (Å²) in [6.07, 6.45) is 1.73. The zero-order valence-electron chi connectivity index (χ0n) is 12.7. The lowest BCUT2D eigenvalue weighted by Gasteiger charge is -2.33. The van der Waals surface area contributed by atoms with Gasteiger partial charge in [0.1, 0.15) is 0 Å². The summed E-state index contributed by atoms with van der Waals surface area (Å²) in [6.45, 7) is 12.0. The minimum Gasteiger partial charge on any atom is -0.396 e. The number of hydrogen-bond acceptors (Lipinski definition) is 4. The van der Waals surface area contributed by atoms with Crippen molar-refractivity contribution < 1.29 is 14.0 Å². The molecule has 0 aromatic heterocycles. The van der Waals surface area contributed by atoms with Crippen molar-refractivity contribution >= 4 is 8.56 Å². The molecular formula is C13H31NO3Si. The number of aliphatic hydroxyl groups excluding tert-OH is 1. The van der Waals surface area contributed by atoms with Crippen molar-refractivity contribution in [3.05, 3.63) is 0 Å². The van der Waals surface area contributed by atoms with Crippen LogP contribution in [0.15, 0.2) is 0 Å². The molecule has 0 spiro atoms. The Labute approximate surface area is 113 Å². The standard InChI is InChI=1S/C13H31NO3Si/c1-6-16-18(5,17-12(2)7-9-15)10-8-13(3,4)11-14/h12,15H,6-11,14H2,1-5H3. The van der Waals surface area contributed by atoms with Crippen molar-refractivity contribution in [2.75, 3.05) is 19.8 Å². The molecule has 0 amide bonds. The van der Waals surface area contributed by atoms with E-state index in [-0.39, 0.29) is 18.1 Å². The molecule has 0 heterocycles. The topological polar surface area (TPSA) is 64.7 Å². The van der Waals surface area contributed by atoms with E-state index in [1.54, 1.807) is 0 Å². The smallest absolute Gasteiger partial charge is 0.335 e. The molecule has 0 saturated carbocycles. The highest BCUT2D eigenvalue weighted by atomic mass is 28.4. The van der Waals surface area contributed by atoms with Gasteiger partial charge >= 0.3 is 8.56 Å². The van der Waals surface area contributed by atoms with E-state index in [1.165, 1.54) is 0 Å². The normalized spacial score (nSPS) is 17.5. The molecule has 0 aromatic carbocycles. The lowest BCUT2D eigenvalue weighted by atomic mass is 9.91. The minimum absolute atomic E-state index is 0.0548. The highest BCUT2D eigenvalue weighted by Crippen LogP contribution is 2.27. The molecular weight excluding hydrogens is 246 g/mol. The van der Waals surface area contributed by atoms with Gasteiger partial charge in [0.15, 0.2) is 0 Å². The summed E-state index contributed by atoms with van der Waals surface area (Å²) < 4.78 is 12.0. The number of nitrogens with two attached hydrogens (primary N) is 1. The fourth-order valence-corrected chi connectivity index (χ4v) is 4.85. The molecule has 18 heavy (non-hydrogen) atoms. The largest absolute Gasteiger partial charge is 0.396 e. The second-order valence-corrected chi connectivity index (χ2v) is 9.17. The van der Waals surface area contributed by atoms with Gasteiger partial charge in [-0.05, 0) is 51.2 Å². The van der Waals surface area contributed by atoms with Crippen LogP contribution in [0.1, 0.15) is 40.5 Å². The first-order chi connectivity index (χ1) is 8.28. The van der Waals surface area contributed by atoms with Crippen molar-refractivity contribution in [1.82, 2.24) is 0 Å². The average Bonchev–Trinajstić information content (AvgIpc) is 2.27. The lowest BCUT2D eigenvalue weighted by molar-refractivity contribution is 0.106. The maximum atomic E-state index is 8.94. The molecule has 0 aliphatic carbocycles. The van der Waals surface area contributed by atoms with Crippen molar-refractivity contribution in [2.24, 2.45) is 11.1 Å². The van der Waals surface area contributed by atoms with Gasteiger partial charge in [-0.2, -0.15) is 0 Å². The van der Waals surface area contributed by atoms with Gasteiger partial charge in [-0.25, -0.2) is 0 Å². The van der Waals surface area contributed by atoms with E-state index >= 15 is 0 Å². The third-order valence-corrected chi connectivity index (χ3v) is 6.20. The van der Waals surface area contributed by atoms with E-state index in [1.807, 2.05) is 13.8 Å². The highest BCUT2D eigenvalue weighted by Gasteiger charge is 2.34. The molecule has 0 aliphatic heterocycles. The minimum atomic E-state index is -2.14. The molecule has 0 rings (SSSR count). The molecule has 0 radical (unpaired) electrons. The Morgan fingerprint density at radius 3 is 2.44 bits per heavy atom. The number of aliphatic hydroxyl groups is 1. The Bertz CT molecular complexity index is 226. The Kier molecular flexibility index (Phi) is 8.30. The van der Waals surface area contributed by atoms with Gasteiger partial charge in [0.05, 0.1) is 0 Å². The Balaban J connectivity index is 4.41. The van der Waals surface area contributed by atoms with Gasteiger partial charge in [0, 0.05) is 19.3 Å². The maximum Gasteiger partial charge on any atom is 0.335 e. The van der Waals surface area contributed by atoms with Crippen LogP contribution in [0.4, 0.5) is 0 Å². The van der Waals surface area contributed by atoms with Gasteiger partial charge in [-0.15, -0.1) is 0 Å². The first-order valence-corrected chi connectivity index (χ1v) is 9.43. The lowest BCUT2D eigenvalue weighted by Crippen LogP contribution is -2.43. The fourth-order valence-electron chi connectivity index (χ4n) is 1.80.